The number of hydrogen-bond donors (Lipinski definition) is 0. The molecule has 1 atom stereocenters. The van der Waals surface area contributed by atoms with Crippen LogP contribution in [0.3, 0.4) is 0 Å². The quantitative estimate of drug-likeness (QED) is 0.783. The average molecular weight is 309 g/mol. The smallest absolute Gasteiger partial charge is 0.182 e. The van der Waals surface area contributed by atoms with E-state index in [1.54, 1.807) is 6.92 Å². The molecule has 18 heavy (non-hydrogen) atoms. The van der Waals surface area contributed by atoms with Crippen molar-refractivity contribution >= 4 is 38.8 Å². The lowest BCUT2D eigenvalue weighted by Crippen LogP contribution is -2.31. The van der Waals surface area contributed by atoms with Crippen LogP contribution in [-0.4, -0.2) is 25.2 Å². The van der Waals surface area contributed by atoms with E-state index in [1.165, 1.54) is 25.1 Å². The summed E-state index contributed by atoms with van der Waals surface area (Å²) in [5, 5.41) is -0.457. The Labute approximate surface area is 117 Å². The predicted octanol–water partition coefficient (Wildman–Crippen LogP) is 3.39. The Kier molecular flexibility index (Phi) is 5.20. The standard InChI is InChI=1S/C12H14Cl2O3S/c1-3-11(18(16,17)4-2)12(15)9-6-5-8(13)7-10(9)14/h5-7,11H,3-4H2,1-2H3/t11-/m1/s1. The van der Waals surface area contributed by atoms with Gasteiger partial charge in [0.2, 0.25) is 0 Å². The maximum Gasteiger partial charge on any atom is 0.182 e. The van der Waals surface area contributed by atoms with Gasteiger partial charge in [-0.3, -0.25) is 4.79 Å². The molecule has 0 spiro atoms. The second-order valence-corrected chi connectivity index (χ2v) is 7.15. The summed E-state index contributed by atoms with van der Waals surface area (Å²) in [6.07, 6.45) is 0.230. The summed E-state index contributed by atoms with van der Waals surface area (Å²) in [6, 6.07) is 4.41. The van der Waals surface area contributed by atoms with Gasteiger partial charge in [0.15, 0.2) is 15.6 Å². The summed E-state index contributed by atoms with van der Waals surface area (Å²) >= 11 is 11.7. The molecule has 6 heteroatoms. The predicted molar refractivity (Wildman–Crippen MR) is 74.3 cm³/mol. The van der Waals surface area contributed by atoms with Gasteiger partial charge in [-0.05, 0) is 24.6 Å². The molecule has 0 amide bonds. The van der Waals surface area contributed by atoms with E-state index in [9.17, 15) is 13.2 Å². The number of benzene rings is 1. The molecule has 0 aliphatic rings. The Bertz CT molecular complexity index is 552. The zero-order chi connectivity index (χ0) is 13.9. The molecule has 0 bridgehead atoms. The Balaban J connectivity index is 3.20. The monoisotopic (exact) mass is 308 g/mol. The second-order valence-electron chi connectivity index (χ2n) is 3.84. The third-order valence-corrected chi connectivity index (χ3v) is 5.46. The Hall–Kier alpha value is -0.580. The lowest BCUT2D eigenvalue weighted by molar-refractivity contribution is 0.0985. The highest BCUT2D eigenvalue weighted by Gasteiger charge is 2.31. The zero-order valence-corrected chi connectivity index (χ0v) is 12.4. The van der Waals surface area contributed by atoms with Gasteiger partial charge in [0.25, 0.3) is 0 Å². The van der Waals surface area contributed by atoms with Crippen molar-refractivity contribution in [2.75, 3.05) is 5.75 Å². The zero-order valence-electron chi connectivity index (χ0n) is 10.1. The highest BCUT2D eigenvalue weighted by Crippen LogP contribution is 2.24. The van der Waals surface area contributed by atoms with Crippen LogP contribution in [0.15, 0.2) is 18.2 Å². The minimum Gasteiger partial charge on any atom is -0.293 e. The fourth-order valence-electron chi connectivity index (χ4n) is 1.67. The van der Waals surface area contributed by atoms with Crippen LogP contribution in [0, 0.1) is 0 Å². The molecule has 0 unspecified atom stereocenters. The van der Waals surface area contributed by atoms with Crippen LogP contribution in [0.25, 0.3) is 0 Å². The largest absolute Gasteiger partial charge is 0.293 e. The van der Waals surface area contributed by atoms with Crippen LogP contribution in [0.2, 0.25) is 10.0 Å². The van der Waals surface area contributed by atoms with Gasteiger partial charge in [0.05, 0.1) is 5.02 Å². The van der Waals surface area contributed by atoms with Crippen molar-refractivity contribution in [2.45, 2.75) is 25.5 Å². The first kappa shape index (κ1) is 15.5. The lowest BCUT2D eigenvalue weighted by Gasteiger charge is -2.14. The van der Waals surface area contributed by atoms with E-state index in [0.29, 0.717) is 5.02 Å². The summed E-state index contributed by atoms with van der Waals surface area (Å²) < 4.78 is 23.7. The minimum atomic E-state index is -3.43. The molecule has 0 aliphatic heterocycles. The van der Waals surface area contributed by atoms with Gasteiger partial charge >= 0.3 is 0 Å². The maximum atomic E-state index is 12.2. The molecular weight excluding hydrogens is 295 g/mol. The molecule has 0 radical (unpaired) electrons. The Morgan fingerprint density at radius 3 is 2.33 bits per heavy atom. The molecule has 0 saturated heterocycles. The highest BCUT2D eigenvalue weighted by molar-refractivity contribution is 7.92. The first-order valence-electron chi connectivity index (χ1n) is 5.54. The molecule has 0 saturated carbocycles. The fraction of sp³-hybridized carbons (Fsp3) is 0.417. The number of sulfone groups is 1. The molecule has 0 heterocycles. The highest BCUT2D eigenvalue weighted by atomic mass is 35.5. The molecule has 1 aromatic rings. The van der Waals surface area contributed by atoms with Crippen LogP contribution >= 0.6 is 23.2 Å². The second kappa shape index (κ2) is 6.04. The average Bonchev–Trinajstić information content (AvgIpc) is 2.29. The van der Waals surface area contributed by atoms with E-state index in [0.717, 1.165) is 0 Å². The molecule has 1 rings (SSSR count). The molecular formula is C12H14Cl2O3S. The number of carbonyl (C=O) groups is 1. The summed E-state index contributed by atoms with van der Waals surface area (Å²) in [6.45, 7) is 3.19. The fourth-order valence-corrected chi connectivity index (χ4v) is 3.53. The molecule has 1 aromatic carbocycles. The number of carbonyl (C=O) groups excluding carboxylic acids is 1. The number of Topliss-reactive ketones (excluding diaryl/α,β-unsaturated/α-hetero) is 1. The number of hydrogen-bond acceptors (Lipinski definition) is 3. The molecule has 0 fully saturated rings. The van der Waals surface area contributed by atoms with Gasteiger partial charge in [-0.15, -0.1) is 0 Å². The van der Waals surface area contributed by atoms with E-state index in [2.05, 4.69) is 0 Å². The van der Waals surface area contributed by atoms with Crippen LogP contribution in [0.4, 0.5) is 0 Å². The third kappa shape index (κ3) is 3.25. The van der Waals surface area contributed by atoms with Gasteiger partial charge in [-0.2, -0.15) is 0 Å². The van der Waals surface area contributed by atoms with Crippen LogP contribution < -0.4 is 0 Å². The SMILES string of the molecule is CC[C@H](C(=O)c1ccc(Cl)cc1Cl)S(=O)(=O)CC. The number of ketones is 1. The Morgan fingerprint density at radius 2 is 1.89 bits per heavy atom. The van der Waals surface area contributed by atoms with Crippen molar-refractivity contribution in [1.29, 1.82) is 0 Å². The van der Waals surface area contributed by atoms with E-state index >= 15 is 0 Å². The van der Waals surface area contributed by atoms with Crippen molar-refractivity contribution in [1.82, 2.24) is 0 Å². The van der Waals surface area contributed by atoms with E-state index in [4.69, 9.17) is 23.2 Å². The van der Waals surface area contributed by atoms with E-state index in [1.807, 2.05) is 0 Å². The maximum absolute atomic E-state index is 12.2. The molecule has 3 nitrogen and oxygen atoms in total. The Morgan fingerprint density at radius 1 is 1.28 bits per heavy atom. The summed E-state index contributed by atoms with van der Waals surface area (Å²) in [4.78, 5) is 12.2. The van der Waals surface area contributed by atoms with Crippen molar-refractivity contribution in [3.63, 3.8) is 0 Å². The van der Waals surface area contributed by atoms with Crippen molar-refractivity contribution in [3.05, 3.63) is 33.8 Å². The van der Waals surface area contributed by atoms with Crippen LogP contribution in [0.5, 0.6) is 0 Å². The van der Waals surface area contributed by atoms with E-state index < -0.39 is 20.9 Å². The number of halogens is 2. The molecule has 100 valence electrons. The van der Waals surface area contributed by atoms with Crippen LogP contribution in [0.1, 0.15) is 30.6 Å². The minimum absolute atomic E-state index is 0.0670. The summed E-state index contributed by atoms with van der Waals surface area (Å²) in [5.41, 5.74) is 0.199. The first-order valence-corrected chi connectivity index (χ1v) is 8.01. The topological polar surface area (TPSA) is 51.2 Å². The van der Waals surface area contributed by atoms with Crippen molar-refractivity contribution in [3.8, 4) is 0 Å². The van der Waals surface area contributed by atoms with Gasteiger partial charge in [0.1, 0.15) is 5.25 Å². The van der Waals surface area contributed by atoms with Gasteiger partial charge in [-0.1, -0.05) is 37.0 Å². The van der Waals surface area contributed by atoms with Gasteiger partial charge in [-0.25, -0.2) is 8.42 Å². The third-order valence-electron chi connectivity index (χ3n) is 2.70. The van der Waals surface area contributed by atoms with Crippen LogP contribution in [-0.2, 0) is 9.84 Å². The van der Waals surface area contributed by atoms with Crippen molar-refractivity contribution in [2.24, 2.45) is 0 Å². The molecule has 0 N–H and O–H groups in total. The summed E-state index contributed by atoms with van der Waals surface area (Å²) in [7, 11) is -3.43. The first-order chi connectivity index (χ1) is 8.33. The molecule has 0 aromatic heterocycles. The normalized spacial score (nSPS) is 13.3. The van der Waals surface area contributed by atoms with E-state index in [-0.39, 0.29) is 22.8 Å². The van der Waals surface area contributed by atoms with Gasteiger partial charge in [0, 0.05) is 16.3 Å². The van der Waals surface area contributed by atoms with Gasteiger partial charge < -0.3 is 0 Å². The lowest BCUT2D eigenvalue weighted by atomic mass is 10.1. The number of rotatable bonds is 5. The summed E-state index contributed by atoms with van der Waals surface area (Å²) in [5.74, 6) is -0.538. The molecule has 0 aliphatic carbocycles. The van der Waals surface area contributed by atoms with Crippen molar-refractivity contribution < 1.29 is 13.2 Å².